The van der Waals surface area contributed by atoms with Gasteiger partial charge in [0, 0.05) is 25.2 Å². The van der Waals surface area contributed by atoms with E-state index in [1.165, 1.54) is 12.3 Å². The molecular formula is C12H18N4O2. The van der Waals surface area contributed by atoms with Gasteiger partial charge in [-0.15, -0.1) is 0 Å². The highest BCUT2D eigenvalue weighted by Crippen LogP contribution is 2.20. The maximum Gasteiger partial charge on any atom is 0.287 e. The van der Waals surface area contributed by atoms with Crippen LogP contribution in [0.3, 0.4) is 0 Å². The van der Waals surface area contributed by atoms with Gasteiger partial charge < -0.3 is 10.2 Å². The summed E-state index contributed by atoms with van der Waals surface area (Å²) in [6.45, 7) is 5.04. The smallest absolute Gasteiger partial charge is 0.287 e. The van der Waals surface area contributed by atoms with Crippen LogP contribution in [-0.2, 0) is 0 Å². The SMILES string of the molecule is CCCN(c1ccc([N+](=O)[O-])cn1)C1CCNC1. The lowest BCUT2D eigenvalue weighted by atomic mass is 10.2. The van der Waals surface area contributed by atoms with Crippen molar-refractivity contribution in [2.45, 2.75) is 25.8 Å². The molecule has 1 atom stereocenters. The minimum atomic E-state index is -0.419. The molecule has 98 valence electrons. The minimum Gasteiger partial charge on any atom is -0.352 e. The summed E-state index contributed by atoms with van der Waals surface area (Å²) in [6, 6.07) is 3.71. The second kappa shape index (κ2) is 5.77. The molecule has 0 aromatic carbocycles. The fraction of sp³-hybridized carbons (Fsp3) is 0.583. The van der Waals surface area contributed by atoms with E-state index in [1.807, 2.05) is 0 Å². The number of nitrogens with zero attached hydrogens (tertiary/aromatic N) is 3. The molecular weight excluding hydrogens is 232 g/mol. The van der Waals surface area contributed by atoms with Gasteiger partial charge in [0.15, 0.2) is 0 Å². The Bertz CT molecular complexity index is 401. The third-order valence-electron chi connectivity index (χ3n) is 3.18. The van der Waals surface area contributed by atoms with Crippen molar-refractivity contribution in [1.82, 2.24) is 10.3 Å². The van der Waals surface area contributed by atoms with Gasteiger partial charge >= 0.3 is 0 Å². The predicted octanol–water partition coefficient (Wildman–Crippen LogP) is 1.57. The van der Waals surface area contributed by atoms with E-state index in [1.54, 1.807) is 6.07 Å². The molecule has 1 aromatic rings. The fourth-order valence-corrected chi connectivity index (χ4v) is 2.29. The molecule has 1 unspecified atom stereocenters. The molecule has 1 aliphatic heterocycles. The molecule has 0 amide bonds. The molecule has 2 heterocycles. The standard InChI is InChI=1S/C12H18N4O2/c1-2-7-15(10-5-6-13-8-10)12-4-3-11(9-14-12)16(17)18/h3-4,9-10,13H,2,5-8H2,1H3. The van der Waals surface area contributed by atoms with Gasteiger partial charge in [-0.1, -0.05) is 6.92 Å². The molecule has 6 heteroatoms. The first-order valence-electron chi connectivity index (χ1n) is 6.30. The average Bonchev–Trinajstić information content (AvgIpc) is 2.90. The zero-order chi connectivity index (χ0) is 13.0. The number of anilines is 1. The van der Waals surface area contributed by atoms with Crippen molar-refractivity contribution in [3.8, 4) is 0 Å². The molecule has 1 N–H and O–H groups in total. The van der Waals surface area contributed by atoms with Crippen LogP contribution in [0.2, 0.25) is 0 Å². The molecule has 2 rings (SSSR count). The summed E-state index contributed by atoms with van der Waals surface area (Å²) in [5.41, 5.74) is 0.0414. The molecule has 0 aliphatic carbocycles. The van der Waals surface area contributed by atoms with E-state index < -0.39 is 4.92 Å². The van der Waals surface area contributed by atoms with Crippen molar-refractivity contribution >= 4 is 11.5 Å². The van der Waals surface area contributed by atoms with Crippen molar-refractivity contribution in [2.75, 3.05) is 24.5 Å². The lowest BCUT2D eigenvalue weighted by Gasteiger charge is -2.29. The highest BCUT2D eigenvalue weighted by molar-refractivity contribution is 5.44. The fourth-order valence-electron chi connectivity index (χ4n) is 2.29. The lowest BCUT2D eigenvalue weighted by molar-refractivity contribution is -0.385. The second-order valence-corrected chi connectivity index (χ2v) is 4.47. The van der Waals surface area contributed by atoms with Crippen LogP contribution in [0.5, 0.6) is 0 Å². The number of aromatic nitrogens is 1. The molecule has 0 bridgehead atoms. The lowest BCUT2D eigenvalue weighted by Crippen LogP contribution is -2.38. The van der Waals surface area contributed by atoms with Crippen LogP contribution in [0, 0.1) is 10.1 Å². The predicted molar refractivity (Wildman–Crippen MR) is 69.8 cm³/mol. The summed E-state index contributed by atoms with van der Waals surface area (Å²) in [5.74, 6) is 0.830. The summed E-state index contributed by atoms with van der Waals surface area (Å²) in [6.07, 6.45) is 3.47. The van der Waals surface area contributed by atoms with E-state index in [-0.39, 0.29) is 5.69 Å². The minimum absolute atomic E-state index is 0.0414. The van der Waals surface area contributed by atoms with E-state index in [9.17, 15) is 10.1 Å². The molecule has 18 heavy (non-hydrogen) atoms. The molecule has 0 radical (unpaired) electrons. The van der Waals surface area contributed by atoms with Crippen LogP contribution < -0.4 is 10.2 Å². The monoisotopic (exact) mass is 250 g/mol. The normalized spacial score (nSPS) is 18.8. The van der Waals surface area contributed by atoms with E-state index >= 15 is 0 Å². The number of pyridine rings is 1. The third kappa shape index (κ3) is 2.76. The summed E-state index contributed by atoms with van der Waals surface area (Å²) in [5, 5.41) is 13.9. The largest absolute Gasteiger partial charge is 0.352 e. The van der Waals surface area contributed by atoms with Crippen molar-refractivity contribution in [2.24, 2.45) is 0 Å². The average molecular weight is 250 g/mol. The van der Waals surface area contributed by atoms with Crippen LogP contribution in [0.15, 0.2) is 18.3 Å². The van der Waals surface area contributed by atoms with Gasteiger partial charge in [0.25, 0.3) is 5.69 Å². The van der Waals surface area contributed by atoms with Crippen molar-refractivity contribution in [3.05, 3.63) is 28.4 Å². The van der Waals surface area contributed by atoms with Crippen LogP contribution in [0.1, 0.15) is 19.8 Å². The molecule has 1 fully saturated rings. The first-order valence-corrected chi connectivity index (χ1v) is 6.30. The Morgan fingerprint density at radius 3 is 2.94 bits per heavy atom. The van der Waals surface area contributed by atoms with Crippen molar-refractivity contribution < 1.29 is 4.92 Å². The zero-order valence-electron chi connectivity index (χ0n) is 10.5. The van der Waals surface area contributed by atoms with Gasteiger partial charge in [-0.3, -0.25) is 10.1 Å². The number of nitro groups is 1. The first kappa shape index (κ1) is 12.8. The highest BCUT2D eigenvalue weighted by Gasteiger charge is 2.23. The third-order valence-corrected chi connectivity index (χ3v) is 3.18. The molecule has 1 saturated heterocycles. The Morgan fingerprint density at radius 2 is 2.44 bits per heavy atom. The molecule has 6 nitrogen and oxygen atoms in total. The summed E-state index contributed by atoms with van der Waals surface area (Å²) >= 11 is 0. The number of nitrogens with one attached hydrogen (secondary N) is 1. The van der Waals surface area contributed by atoms with Crippen LogP contribution >= 0.6 is 0 Å². The van der Waals surface area contributed by atoms with Gasteiger partial charge in [-0.05, 0) is 25.5 Å². The summed E-state index contributed by atoms with van der Waals surface area (Å²) < 4.78 is 0. The Kier molecular flexibility index (Phi) is 4.09. The van der Waals surface area contributed by atoms with Crippen molar-refractivity contribution in [1.29, 1.82) is 0 Å². The quantitative estimate of drug-likeness (QED) is 0.634. The van der Waals surface area contributed by atoms with E-state index in [2.05, 4.69) is 22.1 Å². The summed E-state index contributed by atoms with van der Waals surface area (Å²) in [4.78, 5) is 16.6. The van der Waals surface area contributed by atoms with Crippen LogP contribution in [-0.4, -0.2) is 35.6 Å². The van der Waals surface area contributed by atoms with Gasteiger partial charge in [0.1, 0.15) is 12.0 Å². The van der Waals surface area contributed by atoms with Crippen molar-refractivity contribution in [3.63, 3.8) is 0 Å². The molecule has 0 spiro atoms. The Morgan fingerprint density at radius 1 is 1.61 bits per heavy atom. The van der Waals surface area contributed by atoms with Crippen LogP contribution in [0.25, 0.3) is 0 Å². The van der Waals surface area contributed by atoms with E-state index in [4.69, 9.17) is 0 Å². The van der Waals surface area contributed by atoms with Gasteiger partial charge in [0.2, 0.25) is 0 Å². The zero-order valence-corrected chi connectivity index (χ0v) is 10.5. The van der Waals surface area contributed by atoms with Gasteiger partial charge in [0.05, 0.1) is 4.92 Å². The molecule has 1 aliphatic rings. The Hall–Kier alpha value is -1.69. The number of hydrogen-bond donors (Lipinski definition) is 1. The topological polar surface area (TPSA) is 71.3 Å². The van der Waals surface area contributed by atoms with E-state index in [0.717, 1.165) is 38.3 Å². The van der Waals surface area contributed by atoms with E-state index in [0.29, 0.717) is 6.04 Å². The first-order chi connectivity index (χ1) is 8.72. The highest BCUT2D eigenvalue weighted by atomic mass is 16.6. The second-order valence-electron chi connectivity index (χ2n) is 4.47. The molecule has 0 saturated carbocycles. The maximum atomic E-state index is 10.6. The van der Waals surface area contributed by atoms with Gasteiger partial charge in [-0.2, -0.15) is 0 Å². The number of rotatable bonds is 5. The van der Waals surface area contributed by atoms with Crippen LogP contribution in [0.4, 0.5) is 11.5 Å². The number of hydrogen-bond acceptors (Lipinski definition) is 5. The Balaban J connectivity index is 2.16. The maximum absolute atomic E-state index is 10.6. The molecule has 1 aromatic heterocycles. The summed E-state index contributed by atoms with van der Waals surface area (Å²) in [7, 11) is 0. The Labute approximate surface area is 106 Å². The van der Waals surface area contributed by atoms with Gasteiger partial charge in [-0.25, -0.2) is 4.98 Å².